The molecular formula is C17H29NO4. The number of esters is 1. The van der Waals surface area contributed by atoms with Crippen molar-refractivity contribution in [3.8, 4) is 6.07 Å². The van der Waals surface area contributed by atoms with Crippen LogP contribution in [0.3, 0.4) is 0 Å². The van der Waals surface area contributed by atoms with Gasteiger partial charge in [0.25, 0.3) is 0 Å². The van der Waals surface area contributed by atoms with Gasteiger partial charge >= 0.3 is 5.97 Å². The molecule has 5 heteroatoms. The molecule has 0 unspecified atom stereocenters. The molecule has 0 saturated carbocycles. The second-order valence-electron chi connectivity index (χ2n) is 5.17. The Morgan fingerprint density at radius 2 is 1.50 bits per heavy atom. The molecule has 126 valence electrons. The van der Waals surface area contributed by atoms with E-state index in [9.17, 15) is 4.79 Å². The smallest absolute Gasteiger partial charge is 0.333 e. The maximum Gasteiger partial charge on any atom is 0.333 e. The molecule has 2 heterocycles. The predicted molar refractivity (Wildman–Crippen MR) is 85.3 cm³/mol. The fraction of sp³-hybridized carbons (Fsp3) is 0.765. The van der Waals surface area contributed by atoms with E-state index in [1.807, 2.05) is 6.07 Å². The summed E-state index contributed by atoms with van der Waals surface area (Å²) in [7, 11) is 0. The van der Waals surface area contributed by atoms with E-state index in [0.717, 1.165) is 26.4 Å². The topological polar surface area (TPSA) is 68.6 Å². The highest BCUT2D eigenvalue weighted by molar-refractivity contribution is 5.86. The van der Waals surface area contributed by atoms with Crippen molar-refractivity contribution in [2.75, 3.05) is 33.0 Å². The Kier molecular flexibility index (Phi) is 15.0. The molecule has 0 aliphatic carbocycles. The van der Waals surface area contributed by atoms with Crippen LogP contribution in [0, 0.1) is 11.3 Å². The third kappa shape index (κ3) is 15.0. The molecule has 2 saturated heterocycles. The van der Waals surface area contributed by atoms with Gasteiger partial charge < -0.3 is 14.2 Å². The Labute approximate surface area is 134 Å². The zero-order chi connectivity index (χ0) is 16.5. The normalized spacial score (nSPS) is 16.7. The Morgan fingerprint density at radius 3 is 1.73 bits per heavy atom. The molecule has 0 amide bonds. The number of nitrogens with zero attached hydrogens (tertiary/aromatic N) is 1. The zero-order valence-corrected chi connectivity index (χ0v) is 13.8. The van der Waals surface area contributed by atoms with Crippen molar-refractivity contribution >= 4 is 5.97 Å². The minimum Gasteiger partial charge on any atom is -0.461 e. The highest BCUT2D eigenvalue weighted by Crippen LogP contribution is 2.02. The van der Waals surface area contributed by atoms with Crippen LogP contribution < -0.4 is 0 Å². The van der Waals surface area contributed by atoms with E-state index >= 15 is 0 Å². The summed E-state index contributed by atoms with van der Waals surface area (Å²) in [6.45, 7) is 9.10. The van der Waals surface area contributed by atoms with Gasteiger partial charge in [-0.2, -0.15) is 5.26 Å². The molecule has 2 fully saturated rings. The Hall–Kier alpha value is -1.38. The SMILES string of the molecule is C1CCOCC1.C1CCOCC1.C=C(C)C(=O)OCCC#N. The molecule has 0 bridgehead atoms. The summed E-state index contributed by atoms with van der Waals surface area (Å²) in [5.41, 5.74) is 0.359. The van der Waals surface area contributed by atoms with Gasteiger partial charge in [-0.15, -0.1) is 0 Å². The summed E-state index contributed by atoms with van der Waals surface area (Å²) < 4.78 is 14.7. The second-order valence-corrected chi connectivity index (χ2v) is 5.17. The zero-order valence-electron chi connectivity index (χ0n) is 13.8. The van der Waals surface area contributed by atoms with Crippen LogP contribution in [-0.2, 0) is 19.0 Å². The monoisotopic (exact) mass is 311 g/mol. The molecule has 0 atom stereocenters. The van der Waals surface area contributed by atoms with Gasteiger partial charge in [0.05, 0.1) is 12.5 Å². The van der Waals surface area contributed by atoms with E-state index in [0.29, 0.717) is 5.57 Å². The van der Waals surface area contributed by atoms with Crippen LogP contribution in [-0.4, -0.2) is 39.0 Å². The third-order valence-corrected chi connectivity index (χ3v) is 2.95. The van der Waals surface area contributed by atoms with Crippen LogP contribution >= 0.6 is 0 Å². The number of ether oxygens (including phenoxy) is 3. The first-order chi connectivity index (χ1) is 10.7. The highest BCUT2D eigenvalue weighted by Gasteiger charge is 2.00. The van der Waals surface area contributed by atoms with Crippen molar-refractivity contribution in [1.29, 1.82) is 5.26 Å². The van der Waals surface area contributed by atoms with Crippen LogP contribution in [0.5, 0.6) is 0 Å². The van der Waals surface area contributed by atoms with Gasteiger partial charge in [-0.05, 0) is 45.4 Å². The number of nitriles is 1. The van der Waals surface area contributed by atoms with Crippen molar-refractivity contribution in [3.05, 3.63) is 12.2 Å². The molecule has 2 aliphatic rings. The first kappa shape index (κ1) is 20.6. The predicted octanol–water partition coefficient (Wildman–Crippen LogP) is 3.39. The van der Waals surface area contributed by atoms with E-state index in [-0.39, 0.29) is 13.0 Å². The standard InChI is InChI=1S/C7H9NO2.2C5H10O/c1-6(2)7(9)10-5-3-4-8;2*1-2-4-6-5-3-1/h1,3,5H2,2H3;2*1-5H2. The van der Waals surface area contributed by atoms with Gasteiger partial charge in [-0.1, -0.05) is 6.58 Å². The van der Waals surface area contributed by atoms with Gasteiger partial charge in [-0.3, -0.25) is 0 Å². The molecular weight excluding hydrogens is 282 g/mol. The molecule has 22 heavy (non-hydrogen) atoms. The first-order valence-electron chi connectivity index (χ1n) is 8.03. The van der Waals surface area contributed by atoms with Crippen LogP contribution in [0.2, 0.25) is 0 Å². The minimum atomic E-state index is -0.435. The largest absolute Gasteiger partial charge is 0.461 e. The Morgan fingerprint density at radius 1 is 1.05 bits per heavy atom. The third-order valence-electron chi connectivity index (χ3n) is 2.95. The highest BCUT2D eigenvalue weighted by atomic mass is 16.5. The number of rotatable bonds is 3. The fourth-order valence-corrected chi connectivity index (χ4v) is 1.69. The number of carbonyl (C=O) groups excluding carboxylic acids is 1. The van der Waals surface area contributed by atoms with Crippen molar-refractivity contribution in [2.24, 2.45) is 0 Å². The average molecular weight is 311 g/mol. The Bertz CT molecular complexity index is 293. The lowest BCUT2D eigenvalue weighted by Crippen LogP contribution is -2.05. The summed E-state index contributed by atoms with van der Waals surface area (Å²) in [5, 5.41) is 8.05. The summed E-state index contributed by atoms with van der Waals surface area (Å²) in [6, 6.07) is 1.86. The molecule has 0 spiro atoms. The molecule has 0 aromatic rings. The van der Waals surface area contributed by atoms with Gasteiger partial charge in [0.2, 0.25) is 0 Å². The van der Waals surface area contributed by atoms with Crippen LogP contribution in [0.25, 0.3) is 0 Å². The van der Waals surface area contributed by atoms with Crippen molar-refractivity contribution < 1.29 is 19.0 Å². The van der Waals surface area contributed by atoms with Crippen LogP contribution in [0.4, 0.5) is 0 Å². The van der Waals surface area contributed by atoms with Gasteiger partial charge in [-0.25, -0.2) is 4.79 Å². The average Bonchev–Trinajstić information content (AvgIpc) is 2.59. The van der Waals surface area contributed by atoms with E-state index in [4.69, 9.17) is 14.7 Å². The first-order valence-corrected chi connectivity index (χ1v) is 8.03. The molecule has 0 N–H and O–H groups in total. The van der Waals surface area contributed by atoms with E-state index in [2.05, 4.69) is 11.3 Å². The van der Waals surface area contributed by atoms with E-state index in [1.54, 1.807) is 6.92 Å². The molecule has 2 rings (SSSR count). The lowest BCUT2D eigenvalue weighted by molar-refractivity contribution is -0.138. The number of carbonyl (C=O) groups is 1. The maximum absolute atomic E-state index is 10.6. The molecule has 0 aromatic heterocycles. The molecule has 2 aliphatic heterocycles. The molecule has 5 nitrogen and oxygen atoms in total. The van der Waals surface area contributed by atoms with E-state index in [1.165, 1.54) is 38.5 Å². The summed E-state index contributed by atoms with van der Waals surface area (Å²) in [6.07, 6.45) is 8.10. The van der Waals surface area contributed by atoms with E-state index < -0.39 is 5.97 Å². The lowest BCUT2D eigenvalue weighted by Gasteiger charge is -2.08. The quantitative estimate of drug-likeness (QED) is 0.454. The summed E-state index contributed by atoms with van der Waals surface area (Å²) >= 11 is 0. The van der Waals surface area contributed by atoms with Crippen LogP contribution in [0.1, 0.15) is 51.9 Å². The lowest BCUT2D eigenvalue weighted by atomic mass is 10.2. The maximum atomic E-state index is 10.6. The minimum absolute atomic E-state index is 0.155. The van der Waals surface area contributed by atoms with Crippen LogP contribution in [0.15, 0.2) is 12.2 Å². The Balaban J connectivity index is 0.000000315. The summed E-state index contributed by atoms with van der Waals surface area (Å²) in [5.74, 6) is -0.435. The molecule has 0 aromatic carbocycles. The number of hydrogen-bond acceptors (Lipinski definition) is 5. The fourth-order valence-electron chi connectivity index (χ4n) is 1.69. The second kappa shape index (κ2) is 16.0. The van der Waals surface area contributed by atoms with Crippen molar-refractivity contribution in [1.82, 2.24) is 0 Å². The van der Waals surface area contributed by atoms with Crippen molar-refractivity contribution in [3.63, 3.8) is 0 Å². The van der Waals surface area contributed by atoms with Gasteiger partial charge in [0.1, 0.15) is 6.61 Å². The van der Waals surface area contributed by atoms with Gasteiger partial charge in [0, 0.05) is 32.0 Å². The van der Waals surface area contributed by atoms with Gasteiger partial charge in [0.15, 0.2) is 0 Å². The summed E-state index contributed by atoms with van der Waals surface area (Å²) in [4.78, 5) is 10.6. The number of hydrogen-bond donors (Lipinski definition) is 0. The molecule has 0 radical (unpaired) electrons. The van der Waals surface area contributed by atoms with Crippen molar-refractivity contribution in [2.45, 2.75) is 51.9 Å².